The van der Waals surface area contributed by atoms with Crippen LogP contribution in [0.25, 0.3) is 0 Å². The first-order valence-electron chi connectivity index (χ1n) is 7.81. The quantitative estimate of drug-likeness (QED) is 0.839. The first-order chi connectivity index (χ1) is 11.6. The number of amides is 2. The number of carbonyl (C=O) groups excluding carboxylic acids is 2. The van der Waals surface area contributed by atoms with Crippen molar-refractivity contribution in [1.29, 1.82) is 0 Å². The highest BCUT2D eigenvalue weighted by Crippen LogP contribution is 2.39. The van der Waals surface area contributed by atoms with Gasteiger partial charge in [0.25, 0.3) is 0 Å². The summed E-state index contributed by atoms with van der Waals surface area (Å²) in [6, 6.07) is 16.4. The maximum atomic E-state index is 12.3. The molecule has 5 nitrogen and oxygen atoms in total. The van der Waals surface area contributed by atoms with Crippen molar-refractivity contribution in [3.8, 4) is 0 Å². The molecule has 2 N–H and O–H groups in total. The van der Waals surface area contributed by atoms with Crippen LogP contribution in [0.4, 0.5) is 0 Å². The van der Waals surface area contributed by atoms with E-state index in [4.69, 9.17) is 11.6 Å². The number of nitrogens with zero attached hydrogens (tertiary/aromatic N) is 1. The van der Waals surface area contributed by atoms with Crippen molar-refractivity contribution >= 4 is 23.4 Å². The number of hydrogen-bond donors (Lipinski definition) is 2. The summed E-state index contributed by atoms with van der Waals surface area (Å²) in [7, 11) is 0. The zero-order chi connectivity index (χ0) is 16.7. The molecule has 2 aliphatic rings. The van der Waals surface area contributed by atoms with E-state index in [1.807, 2.05) is 53.5 Å². The van der Waals surface area contributed by atoms with Gasteiger partial charge in [0.15, 0.2) is 0 Å². The fourth-order valence-electron chi connectivity index (χ4n) is 3.51. The molecule has 122 valence electrons. The third kappa shape index (κ3) is 2.51. The lowest BCUT2D eigenvalue weighted by Crippen LogP contribution is -2.43. The summed E-state index contributed by atoms with van der Waals surface area (Å²) in [5, 5.41) is 4.88. The van der Waals surface area contributed by atoms with Crippen LogP contribution >= 0.6 is 11.6 Å². The van der Waals surface area contributed by atoms with Gasteiger partial charge in [-0.05, 0) is 17.2 Å². The van der Waals surface area contributed by atoms with Gasteiger partial charge in [0.2, 0.25) is 11.8 Å². The van der Waals surface area contributed by atoms with Crippen LogP contribution in [0.2, 0.25) is 5.02 Å². The third-order valence-electron chi connectivity index (χ3n) is 4.59. The van der Waals surface area contributed by atoms with Crippen molar-refractivity contribution in [2.75, 3.05) is 0 Å². The second kappa shape index (κ2) is 6.02. The zero-order valence-corrected chi connectivity index (χ0v) is 13.5. The van der Waals surface area contributed by atoms with E-state index in [1.165, 1.54) is 0 Å². The lowest BCUT2D eigenvalue weighted by Gasteiger charge is -2.22. The molecule has 2 aromatic carbocycles. The number of hydrogen-bond acceptors (Lipinski definition) is 4. The smallest absolute Gasteiger partial charge is 0.246 e. The van der Waals surface area contributed by atoms with Crippen LogP contribution in [0.3, 0.4) is 0 Å². The Morgan fingerprint density at radius 1 is 0.958 bits per heavy atom. The molecule has 2 amide bonds. The lowest BCUT2D eigenvalue weighted by molar-refractivity contribution is -0.127. The Balaban J connectivity index is 1.69. The van der Waals surface area contributed by atoms with Gasteiger partial charge in [-0.3, -0.25) is 14.9 Å². The summed E-state index contributed by atoms with van der Waals surface area (Å²) in [6.45, 7) is 0.531. The summed E-state index contributed by atoms with van der Waals surface area (Å²) < 4.78 is 0. The number of halogens is 1. The minimum absolute atomic E-state index is 0.252. The maximum Gasteiger partial charge on any atom is 0.246 e. The molecule has 0 saturated carbocycles. The highest BCUT2D eigenvalue weighted by molar-refractivity contribution is 6.31. The van der Waals surface area contributed by atoms with Crippen molar-refractivity contribution in [2.24, 2.45) is 5.92 Å². The number of nitrogens with one attached hydrogen (secondary N) is 2. The Kier molecular flexibility index (Phi) is 3.84. The molecule has 2 aromatic rings. The number of hydrazine groups is 1. The Bertz CT molecular complexity index is 796. The lowest BCUT2D eigenvalue weighted by atomic mass is 9.91. The number of rotatable bonds is 3. The fourth-order valence-corrected chi connectivity index (χ4v) is 3.76. The molecule has 24 heavy (non-hydrogen) atoms. The van der Waals surface area contributed by atoms with E-state index >= 15 is 0 Å². The Hall–Kier alpha value is -2.21. The van der Waals surface area contributed by atoms with Crippen LogP contribution in [-0.4, -0.2) is 22.9 Å². The SMILES string of the molecule is O=C1NC(=O)[C@H]2[C@@H]1[C@@H](c1ccccc1Cl)NN2Cc1ccccc1. The summed E-state index contributed by atoms with van der Waals surface area (Å²) in [5.74, 6) is -0.998. The largest absolute Gasteiger partial charge is 0.295 e. The van der Waals surface area contributed by atoms with Crippen molar-refractivity contribution < 1.29 is 9.59 Å². The standard InChI is InChI=1S/C18H16ClN3O2/c19-13-9-5-4-8-12(13)15-14-16(18(24)20-17(14)23)22(21-15)10-11-6-2-1-3-7-11/h1-9,14-16,21H,10H2,(H,20,23,24)/t14-,15+,16+/m0/s1. The van der Waals surface area contributed by atoms with E-state index in [-0.39, 0.29) is 17.9 Å². The van der Waals surface area contributed by atoms with Crippen LogP contribution in [0, 0.1) is 5.92 Å². The van der Waals surface area contributed by atoms with Gasteiger partial charge in [-0.2, -0.15) is 0 Å². The van der Waals surface area contributed by atoms with Gasteiger partial charge in [0, 0.05) is 11.6 Å². The number of carbonyl (C=O) groups is 2. The molecule has 0 aliphatic carbocycles. The van der Waals surface area contributed by atoms with Crippen molar-refractivity contribution in [3.05, 3.63) is 70.7 Å². The summed E-state index contributed by atoms with van der Waals surface area (Å²) in [6.07, 6.45) is 0. The molecule has 0 spiro atoms. The van der Waals surface area contributed by atoms with E-state index in [2.05, 4.69) is 10.7 Å². The van der Waals surface area contributed by atoms with Crippen LogP contribution < -0.4 is 10.7 Å². The Morgan fingerprint density at radius 3 is 2.42 bits per heavy atom. The van der Waals surface area contributed by atoms with Gasteiger partial charge >= 0.3 is 0 Å². The van der Waals surface area contributed by atoms with Crippen molar-refractivity contribution in [1.82, 2.24) is 15.8 Å². The van der Waals surface area contributed by atoms with E-state index in [1.54, 1.807) is 6.07 Å². The third-order valence-corrected chi connectivity index (χ3v) is 4.94. The molecule has 2 saturated heterocycles. The summed E-state index contributed by atoms with van der Waals surface area (Å²) in [4.78, 5) is 24.6. The molecule has 3 atom stereocenters. The second-order valence-electron chi connectivity index (χ2n) is 6.07. The maximum absolute atomic E-state index is 12.3. The molecular weight excluding hydrogens is 326 g/mol. The molecule has 0 radical (unpaired) electrons. The van der Waals surface area contributed by atoms with Crippen LogP contribution in [0.5, 0.6) is 0 Å². The van der Waals surface area contributed by atoms with Gasteiger partial charge in [-0.1, -0.05) is 60.1 Å². The molecule has 6 heteroatoms. The van der Waals surface area contributed by atoms with Gasteiger partial charge in [-0.25, -0.2) is 10.4 Å². The highest BCUT2D eigenvalue weighted by Gasteiger charge is 2.55. The average molecular weight is 342 g/mol. The number of fused-ring (bicyclic) bond motifs is 1. The second-order valence-corrected chi connectivity index (χ2v) is 6.47. The van der Waals surface area contributed by atoms with Gasteiger partial charge in [-0.15, -0.1) is 0 Å². The molecule has 4 rings (SSSR count). The minimum atomic E-state index is -0.529. The Morgan fingerprint density at radius 2 is 1.67 bits per heavy atom. The average Bonchev–Trinajstić information content (AvgIpc) is 3.09. The molecule has 2 heterocycles. The fraction of sp³-hybridized carbons (Fsp3) is 0.222. The molecular formula is C18H16ClN3O2. The van der Waals surface area contributed by atoms with Gasteiger partial charge < -0.3 is 0 Å². The predicted molar refractivity (Wildman–Crippen MR) is 89.7 cm³/mol. The topological polar surface area (TPSA) is 61.4 Å². The normalized spacial score (nSPS) is 26.5. The molecule has 0 bridgehead atoms. The summed E-state index contributed by atoms with van der Waals surface area (Å²) >= 11 is 6.31. The van der Waals surface area contributed by atoms with Crippen LogP contribution in [0.1, 0.15) is 17.2 Å². The highest BCUT2D eigenvalue weighted by atomic mass is 35.5. The minimum Gasteiger partial charge on any atom is -0.295 e. The van der Waals surface area contributed by atoms with E-state index < -0.39 is 12.0 Å². The van der Waals surface area contributed by atoms with Crippen LogP contribution in [-0.2, 0) is 16.1 Å². The number of imide groups is 1. The molecule has 0 aromatic heterocycles. The van der Waals surface area contributed by atoms with E-state index in [0.29, 0.717) is 11.6 Å². The summed E-state index contributed by atoms with van der Waals surface area (Å²) in [5.41, 5.74) is 5.22. The van der Waals surface area contributed by atoms with E-state index in [0.717, 1.165) is 11.1 Å². The first kappa shape index (κ1) is 15.3. The molecule has 0 unspecified atom stereocenters. The monoisotopic (exact) mass is 341 g/mol. The molecule has 2 aliphatic heterocycles. The Labute approximate surface area is 144 Å². The van der Waals surface area contributed by atoms with Crippen LogP contribution in [0.15, 0.2) is 54.6 Å². The van der Waals surface area contributed by atoms with E-state index in [9.17, 15) is 9.59 Å². The first-order valence-corrected chi connectivity index (χ1v) is 8.19. The van der Waals surface area contributed by atoms with Gasteiger partial charge in [0.05, 0.1) is 12.0 Å². The molecule has 2 fully saturated rings. The van der Waals surface area contributed by atoms with Crippen molar-refractivity contribution in [3.63, 3.8) is 0 Å². The van der Waals surface area contributed by atoms with Gasteiger partial charge in [0.1, 0.15) is 6.04 Å². The number of benzene rings is 2. The zero-order valence-electron chi connectivity index (χ0n) is 12.8. The predicted octanol–water partition coefficient (Wildman–Crippen LogP) is 2.04. The van der Waals surface area contributed by atoms with Crippen molar-refractivity contribution in [2.45, 2.75) is 18.6 Å².